The van der Waals surface area contributed by atoms with E-state index in [1.54, 1.807) is 24.3 Å². The molecule has 2 rings (SSSR count). The zero-order valence-electron chi connectivity index (χ0n) is 18.8. The van der Waals surface area contributed by atoms with Crippen molar-refractivity contribution < 1.29 is 47.6 Å². The van der Waals surface area contributed by atoms with Crippen LogP contribution < -0.4 is 10.1 Å². The summed E-state index contributed by atoms with van der Waals surface area (Å²) in [6.07, 6.45) is -6.25. The third kappa shape index (κ3) is 8.43. The quantitative estimate of drug-likeness (QED) is 0.320. The van der Waals surface area contributed by atoms with Gasteiger partial charge in [-0.05, 0) is 36.5 Å². The highest BCUT2D eigenvalue weighted by Crippen LogP contribution is 2.28. The van der Waals surface area contributed by atoms with Crippen molar-refractivity contribution in [1.82, 2.24) is 5.32 Å². The minimum atomic E-state index is -1.32. The topological polar surface area (TPSA) is 136 Å². The van der Waals surface area contributed by atoms with Crippen molar-refractivity contribution in [2.75, 3.05) is 6.61 Å². The van der Waals surface area contributed by atoms with Crippen molar-refractivity contribution in [2.45, 2.75) is 58.3 Å². The molecule has 1 aromatic carbocycles. The summed E-state index contributed by atoms with van der Waals surface area (Å²) in [7, 11) is 0. The van der Waals surface area contributed by atoms with E-state index in [-0.39, 0.29) is 11.8 Å². The van der Waals surface area contributed by atoms with Crippen molar-refractivity contribution in [3.8, 4) is 5.75 Å². The molecule has 0 aromatic heterocycles. The number of carbonyl (C=O) groups is 4. The zero-order valence-corrected chi connectivity index (χ0v) is 20.3. The number of carbonyl (C=O) groups excluding carboxylic acids is 4. The molecule has 1 N–H and O–H groups in total. The van der Waals surface area contributed by atoms with Crippen molar-refractivity contribution in [3.63, 3.8) is 0 Å². The van der Waals surface area contributed by atoms with E-state index in [1.165, 1.54) is 6.92 Å². The lowest BCUT2D eigenvalue weighted by Crippen LogP contribution is -2.66. The Hall–Kier alpha value is -2.96. The van der Waals surface area contributed by atoms with E-state index in [0.717, 1.165) is 20.8 Å². The number of nitrogens with one attached hydrogen (secondary N) is 1. The SMILES string of the molecule is CC(=O)OC[C@@H]1O[C@H](NC(=S)Oc2ccc(Cl)cc2)[C@H](OC(C)=O)[C@H](OC(C)=O)[C@@H]1OC(C)=O. The fourth-order valence-corrected chi connectivity index (χ4v) is 3.44. The highest BCUT2D eigenvalue weighted by molar-refractivity contribution is 7.80. The number of benzene rings is 1. The molecule has 34 heavy (non-hydrogen) atoms. The second-order valence-electron chi connectivity index (χ2n) is 7.11. The Balaban J connectivity index is 2.35. The standard InChI is InChI=1S/C21H24ClNO10S/c1-10(24)28-9-16-17(29-11(2)25)18(30-12(3)26)19(31-13(4)27)20(33-16)23-21(34)32-15-7-5-14(22)6-8-15/h5-8,16-20H,9H2,1-4H3,(H,23,34)/t16-,17+,18+,19+,20-/m0/s1. The van der Waals surface area contributed by atoms with Crippen LogP contribution in [0.4, 0.5) is 0 Å². The molecule has 1 aliphatic heterocycles. The third-order valence-electron chi connectivity index (χ3n) is 4.28. The number of thiocarbonyl (C=S) groups is 1. The van der Waals surface area contributed by atoms with Crippen molar-refractivity contribution in [2.24, 2.45) is 0 Å². The number of ether oxygens (including phenoxy) is 6. The highest BCUT2D eigenvalue weighted by atomic mass is 35.5. The van der Waals surface area contributed by atoms with Crippen molar-refractivity contribution in [3.05, 3.63) is 29.3 Å². The molecular weight excluding hydrogens is 494 g/mol. The molecule has 0 unspecified atom stereocenters. The summed E-state index contributed by atoms with van der Waals surface area (Å²) in [5.41, 5.74) is 0. The van der Waals surface area contributed by atoms with Gasteiger partial charge in [0, 0.05) is 32.7 Å². The van der Waals surface area contributed by atoms with Crippen molar-refractivity contribution in [1.29, 1.82) is 0 Å². The molecule has 1 aliphatic rings. The van der Waals surface area contributed by atoms with Crippen LogP contribution in [0.15, 0.2) is 24.3 Å². The van der Waals surface area contributed by atoms with Crippen LogP contribution in [-0.2, 0) is 42.9 Å². The van der Waals surface area contributed by atoms with Crippen molar-refractivity contribution >= 4 is 52.9 Å². The lowest BCUT2D eigenvalue weighted by Gasteiger charge is -2.44. The summed E-state index contributed by atoms with van der Waals surface area (Å²) in [4.78, 5) is 46.8. The summed E-state index contributed by atoms with van der Waals surface area (Å²) >= 11 is 11.1. The van der Waals surface area contributed by atoms with E-state index in [2.05, 4.69) is 5.32 Å². The smallest absolute Gasteiger partial charge is 0.303 e. The summed E-state index contributed by atoms with van der Waals surface area (Å²) in [6.45, 7) is 4.22. The molecule has 11 nitrogen and oxygen atoms in total. The molecule has 0 saturated carbocycles. The molecule has 0 radical (unpaired) electrons. The van der Waals surface area contributed by atoms with Gasteiger partial charge in [-0.25, -0.2) is 0 Å². The number of hydrogen-bond donors (Lipinski definition) is 1. The molecule has 0 bridgehead atoms. The fraction of sp³-hybridized carbons (Fsp3) is 0.476. The normalized spacial score (nSPS) is 23.7. The van der Waals surface area contributed by atoms with Gasteiger partial charge in [-0.1, -0.05) is 11.6 Å². The Bertz CT molecular complexity index is 925. The van der Waals surface area contributed by atoms with Crippen LogP contribution in [0.2, 0.25) is 5.02 Å². The first-order valence-corrected chi connectivity index (χ1v) is 10.8. The Morgan fingerprint density at radius 3 is 1.94 bits per heavy atom. The van der Waals surface area contributed by atoms with Gasteiger partial charge in [0.15, 0.2) is 24.5 Å². The molecular formula is C21H24ClNO10S. The van der Waals surface area contributed by atoms with Gasteiger partial charge in [-0.15, -0.1) is 0 Å². The second-order valence-corrected chi connectivity index (χ2v) is 7.91. The molecule has 0 amide bonds. The van der Waals surface area contributed by atoms with E-state index in [1.807, 2.05) is 0 Å². The summed E-state index contributed by atoms with van der Waals surface area (Å²) < 4.78 is 32.4. The number of rotatable bonds is 7. The van der Waals surface area contributed by atoms with Crippen LogP contribution in [0.3, 0.4) is 0 Å². The lowest BCUT2D eigenvalue weighted by molar-refractivity contribution is -0.255. The molecule has 0 aliphatic carbocycles. The Morgan fingerprint density at radius 1 is 0.882 bits per heavy atom. The molecule has 1 fully saturated rings. The predicted molar refractivity (Wildman–Crippen MR) is 120 cm³/mol. The Kier molecular flexibility index (Phi) is 10.0. The van der Waals surface area contributed by atoms with E-state index < -0.39 is 54.5 Å². The first-order valence-electron chi connectivity index (χ1n) is 10.0. The van der Waals surface area contributed by atoms with Gasteiger partial charge in [-0.3, -0.25) is 19.2 Å². The molecule has 186 valence electrons. The highest BCUT2D eigenvalue weighted by Gasteiger charge is 2.52. The average molecular weight is 518 g/mol. The maximum Gasteiger partial charge on any atom is 0.303 e. The molecule has 0 spiro atoms. The van der Waals surface area contributed by atoms with E-state index in [9.17, 15) is 19.2 Å². The lowest BCUT2D eigenvalue weighted by atomic mass is 9.97. The van der Waals surface area contributed by atoms with E-state index >= 15 is 0 Å². The van der Waals surface area contributed by atoms with Gasteiger partial charge in [0.1, 0.15) is 18.5 Å². The largest absolute Gasteiger partial charge is 0.463 e. The summed E-state index contributed by atoms with van der Waals surface area (Å²) in [5.74, 6) is -2.48. The van der Waals surface area contributed by atoms with E-state index in [0.29, 0.717) is 10.8 Å². The first-order chi connectivity index (χ1) is 16.0. The molecule has 1 heterocycles. The van der Waals surface area contributed by atoms with Gasteiger partial charge < -0.3 is 33.7 Å². The first kappa shape index (κ1) is 27.3. The summed E-state index contributed by atoms with van der Waals surface area (Å²) in [5, 5.41) is 3.05. The Morgan fingerprint density at radius 2 is 1.41 bits per heavy atom. The van der Waals surface area contributed by atoms with Crippen LogP contribution in [0.1, 0.15) is 27.7 Å². The average Bonchev–Trinajstić information content (AvgIpc) is 2.71. The maximum atomic E-state index is 11.8. The van der Waals surface area contributed by atoms with Gasteiger partial charge in [0.05, 0.1) is 0 Å². The second kappa shape index (κ2) is 12.5. The van der Waals surface area contributed by atoms with Gasteiger partial charge in [0.2, 0.25) is 0 Å². The van der Waals surface area contributed by atoms with Crippen LogP contribution in [0.25, 0.3) is 0 Å². The predicted octanol–water partition coefficient (Wildman–Crippen LogP) is 1.68. The monoisotopic (exact) mass is 517 g/mol. The van der Waals surface area contributed by atoms with Gasteiger partial charge in [0.25, 0.3) is 5.17 Å². The van der Waals surface area contributed by atoms with Gasteiger partial charge in [-0.2, -0.15) is 0 Å². The fourth-order valence-electron chi connectivity index (χ4n) is 3.10. The zero-order chi connectivity index (χ0) is 25.4. The minimum absolute atomic E-state index is 0.178. The maximum absolute atomic E-state index is 11.8. The molecule has 1 aromatic rings. The van der Waals surface area contributed by atoms with Crippen LogP contribution >= 0.6 is 23.8 Å². The molecule has 1 saturated heterocycles. The number of hydrogen-bond acceptors (Lipinski definition) is 11. The van der Waals surface area contributed by atoms with E-state index in [4.69, 9.17) is 52.2 Å². The van der Waals surface area contributed by atoms with Crippen LogP contribution in [0.5, 0.6) is 5.75 Å². The molecule has 5 atom stereocenters. The third-order valence-corrected chi connectivity index (χ3v) is 4.73. The number of esters is 4. The van der Waals surface area contributed by atoms with Crippen LogP contribution in [0, 0.1) is 0 Å². The Labute approximate surface area is 205 Å². The summed E-state index contributed by atoms with van der Waals surface area (Å²) in [6, 6.07) is 6.33. The molecule has 13 heteroatoms. The van der Waals surface area contributed by atoms with Crippen LogP contribution in [-0.4, -0.2) is 66.3 Å². The minimum Gasteiger partial charge on any atom is -0.463 e. The van der Waals surface area contributed by atoms with Gasteiger partial charge >= 0.3 is 23.9 Å². The number of halogens is 1.